The molecule has 0 saturated heterocycles. The Balaban J connectivity index is 3.00. The van der Waals surface area contributed by atoms with E-state index in [1.165, 1.54) is 12.1 Å². The maximum atomic E-state index is 12.0. The minimum atomic E-state index is -1.15. The van der Waals surface area contributed by atoms with Crippen LogP contribution in [0.1, 0.15) is 30.6 Å². The van der Waals surface area contributed by atoms with Crippen molar-refractivity contribution >= 4 is 23.3 Å². The lowest BCUT2D eigenvalue weighted by Gasteiger charge is -2.20. The number of nitrogens with one attached hydrogen (secondary N) is 1. The summed E-state index contributed by atoms with van der Waals surface area (Å²) in [6, 6.07) is 2.53. The molecule has 1 aromatic carbocycles. The molecular weight excluding hydrogens is 278 g/mol. The highest BCUT2D eigenvalue weighted by Crippen LogP contribution is 2.22. The molecule has 0 spiro atoms. The number of nitrogens with two attached hydrogens (primary N) is 1. The topological polar surface area (TPSA) is 136 Å². The van der Waals surface area contributed by atoms with Crippen LogP contribution in [0.5, 0.6) is 0 Å². The van der Waals surface area contributed by atoms with E-state index in [9.17, 15) is 19.7 Å². The summed E-state index contributed by atoms with van der Waals surface area (Å²) in [5, 5.41) is 22.3. The number of rotatable bonds is 6. The van der Waals surface area contributed by atoms with Crippen molar-refractivity contribution in [1.82, 2.24) is 5.32 Å². The monoisotopic (exact) mass is 295 g/mol. The first-order valence-electron chi connectivity index (χ1n) is 6.35. The van der Waals surface area contributed by atoms with Crippen molar-refractivity contribution in [2.45, 2.75) is 26.3 Å². The lowest BCUT2D eigenvalue weighted by Crippen LogP contribution is -2.45. The second-order valence-corrected chi connectivity index (χ2v) is 4.71. The predicted molar refractivity (Wildman–Crippen MR) is 75.9 cm³/mol. The van der Waals surface area contributed by atoms with Gasteiger partial charge in [0.15, 0.2) is 0 Å². The van der Waals surface area contributed by atoms with Crippen LogP contribution in [-0.2, 0) is 4.79 Å². The summed E-state index contributed by atoms with van der Waals surface area (Å²) in [4.78, 5) is 33.3. The number of carboxylic acids is 1. The number of amides is 1. The molecule has 21 heavy (non-hydrogen) atoms. The molecule has 0 aliphatic rings. The van der Waals surface area contributed by atoms with Crippen molar-refractivity contribution in [2.24, 2.45) is 5.92 Å². The molecule has 0 aliphatic carbocycles. The molecule has 1 amide bonds. The zero-order chi connectivity index (χ0) is 16.2. The molecule has 8 heteroatoms. The summed E-state index contributed by atoms with van der Waals surface area (Å²) in [5.41, 5.74) is 4.98. The van der Waals surface area contributed by atoms with Crippen LogP contribution in [0.25, 0.3) is 0 Å². The van der Waals surface area contributed by atoms with Crippen LogP contribution in [0.3, 0.4) is 0 Å². The van der Waals surface area contributed by atoms with E-state index in [-0.39, 0.29) is 17.2 Å². The van der Waals surface area contributed by atoms with Crippen LogP contribution < -0.4 is 11.1 Å². The number of hydrogen-bond donors (Lipinski definition) is 3. The van der Waals surface area contributed by atoms with Crippen LogP contribution in [0.15, 0.2) is 18.2 Å². The van der Waals surface area contributed by atoms with E-state index in [1.54, 1.807) is 13.8 Å². The van der Waals surface area contributed by atoms with E-state index in [0.717, 1.165) is 6.07 Å². The highest BCUT2D eigenvalue weighted by Gasteiger charge is 2.26. The average Bonchev–Trinajstić information content (AvgIpc) is 2.43. The zero-order valence-corrected chi connectivity index (χ0v) is 11.7. The quantitative estimate of drug-likeness (QED) is 0.412. The minimum absolute atomic E-state index is 0.00884. The Hall–Kier alpha value is -2.64. The number of nitrogen functional groups attached to an aromatic ring is 1. The number of carboxylic acid groups (broad SMARTS) is 1. The van der Waals surface area contributed by atoms with Crippen molar-refractivity contribution in [3.8, 4) is 0 Å². The SMILES string of the molecule is CC[C@H](C)[C@H](NC(=O)c1ccc(N)c([N+](=O)[O-])c1)C(=O)O. The number of anilines is 1. The summed E-state index contributed by atoms with van der Waals surface area (Å²) in [6.07, 6.45) is 0.569. The minimum Gasteiger partial charge on any atom is -0.480 e. The third kappa shape index (κ3) is 3.91. The van der Waals surface area contributed by atoms with Gasteiger partial charge < -0.3 is 16.2 Å². The van der Waals surface area contributed by atoms with E-state index < -0.39 is 28.5 Å². The number of carbonyl (C=O) groups excluding carboxylic acids is 1. The second kappa shape index (κ2) is 6.69. The highest BCUT2D eigenvalue weighted by molar-refractivity contribution is 5.97. The van der Waals surface area contributed by atoms with Crippen LogP contribution >= 0.6 is 0 Å². The van der Waals surface area contributed by atoms with Gasteiger partial charge in [-0.25, -0.2) is 4.79 Å². The number of nitro groups is 1. The molecule has 2 atom stereocenters. The summed E-state index contributed by atoms with van der Waals surface area (Å²) in [6.45, 7) is 3.51. The number of nitrogens with zero attached hydrogens (tertiary/aromatic N) is 1. The molecule has 114 valence electrons. The number of benzene rings is 1. The maximum absolute atomic E-state index is 12.0. The molecule has 0 saturated carbocycles. The Labute approximate surface area is 121 Å². The molecule has 4 N–H and O–H groups in total. The molecule has 1 rings (SSSR count). The van der Waals surface area contributed by atoms with Gasteiger partial charge >= 0.3 is 5.97 Å². The number of carbonyl (C=O) groups is 2. The molecule has 0 aliphatic heterocycles. The summed E-state index contributed by atoms with van der Waals surface area (Å²) in [7, 11) is 0. The number of aliphatic carboxylic acids is 1. The van der Waals surface area contributed by atoms with Crippen molar-refractivity contribution in [1.29, 1.82) is 0 Å². The molecule has 0 radical (unpaired) electrons. The van der Waals surface area contributed by atoms with Gasteiger partial charge in [0.25, 0.3) is 11.6 Å². The smallest absolute Gasteiger partial charge is 0.326 e. The van der Waals surface area contributed by atoms with Gasteiger partial charge in [-0.05, 0) is 18.1 Å². The van der Waals surface area contributed by atoms with Crippen LogP contribution in [0, 0.1) is 16.0 Å². The zero-order valence-electron chi connectivity index (χ0n) is 11.7. The van der Waals surface area contributed by atoms with Crippen molar-refractivity contribution in [3.63, 3.8) is 0 Å². The first kappa shape index (κ1) is 16.4. The molecule has 0 unspecified atom stereocenters. The van der Waals surface area contributed by atoms with Gasteiger partial charge in [-0.3, -0.25) is 14.9 Å². The Morgan fingerprint density at radius 3 is 2.57 bits per heavy atom. The highest BCUT2D eigenvalue weighted by atomic mass is 16.6. The summed E-state index contributed by atoms with van der Waals surface area (Å²) in [5.74, 6) is -2.11. The van der Waals surface area contributed by atoms with Crippen molar-refractivity contribution in [3.05, 3.63) is 33.9 Å². The van der Waals surface area contributed by atoms with Crippen LogP contribution in [0.4, 0.5) is 11.4 Å². The third-order valence-electron chi connectivity index (χ3n) is 3.25. The molecule has 0 aromatic heterocycles. The Bertz CT molecular complexity index is 573. The van der Waals surface area contributed by atoms with Gasteiger partial charge in [-0.2, -0.15) is 0 Å². The number of hydrogen-bond acceptors (Lipinski definition) is 5. The first-order valence-corrected chi connectivity index (χ1v) is 6.35. The third-order valence-corrected chi connectivity index (χ3v) is 3.25. The average molecular weight is 295 g/mol. The van der Waals surface area contributed by atoms with E-state index >= 15 is 0 Å². The maximum Gasteiger partial charge on any atom is 0.326 e. The van der Waals surface area contributed by atoms with E-state index in [1.807, 2.05) is 0 Å². The second-order valence-electron chi connectivity index (χ2n) is 4.71. The fourth-order valence-electron chi connectivity index (χ4n) is 1.75. The summed E-state index contributed by atoms with van der Waals surface area (Å²) >= 11 is 0. The van der Waals surface area contributed by atoms with Crippen molar-refractivity contribution < 1.29 is 19.6 Å². The van der Waals surface area contributed by atoms with Crippen LogP contribution in [-0.4, -0.2) is 27.9 Å². The van der Waals surface area contributed by atoms with E-state index in [2.05, 4.69) is 5.32 Å². The van der Waals surface area contributed by atoms with Gasteiger partial charge in [-0.15, -0.1) is 0 Å². The molecule has 8 nitrogen and oxygen atoms in total. The fourth-order valence-corrected chi connectivity index (χ4v) is 1.75. The summed E-state index contributed by atoms with van der Waals surface area (Å²) < 4.78 is 0. The van der Waals surface area contributed by atoms with Gasteiger partial charge in [-0.1, -0.05) is 20.3 Å². The lowest BCUT2D eigenvalue weighted by atomic mass is 9.99. The van der Waals surface area contributed by atoms with Gasteiger partial charge in [0.1, 0.15) is 11.7 Å². The lowest BCUT2D eigenvalue weighted by molar-refractivity contribution is -0.383. The molecule has 0 bridgehead atoms. The largest absolute Gasteiger partial charge is 0.480 e. The molecular formula is C13H17N3O5. The van der Waals surface area contributed by atoms with Crippen LogP contribution in [0.2, 0.25) is 0 Å². The molecule has 0 fully saturated rings. The molecule has 0 heterocycles. The Morgan fingerprint density at radius 1 is 1.48 bits per heavy atom. The standard InChI is InChI=1S/C13H17N3O5/c1-3-7(2)11(13(18)19)15-12(17)8-4-5-9(14)10(6-8)16(20)21/h4-7,11H,3,14H2,1-2H3,(H,15,17)(H,18,19)/t7-,11-/m0/s1. The number of nitro benzene ring substituents is 1. The normalized spacial score (nSPS) is 13.2. The van der Waals surface area contributed by atoms with Crippen molar-refractivity contribution in [2.75, 3.05) is 5.73 Å². The van der Waals surface area contributed by atoms with E-state index in [0.29, 0.717) is 6.42 Å². The van der Waals surface area contributed by atoms with Gasteiger partial charge in [0, 0.05) is 11.6 Å². The molecule has 1 aromatic rings. The van der Waals surface area contributed by atoms with E-state index in [4.69, 9.17) is 10.8 Å². The van der Waals surface area contributed by atoms with Gasteiger partial charge in [0.2, 0.25) is 0 Å². The Kier molecular flexibility index (Phi) is 5.23. The fraction of sp³-hybridized carbons (Fsp3) is 0.385. The Morgan fingerprint density at radius 2 is 2.10 bits per heavy atom. The van der Waals surface area contributed by atoms with Gasteiger partial charge in [0.05, 0.1) is 4.92 Å². The first-order chi connectivity index (χ1) is 9.77. The predicted octanol–water partition coefficient (Wildman–Crippen LogP) is 1.41.